The monoisotopic (exact) mass is 287 g/mol. The second kappa shape index (κ2) is 6.09. The molecule has 0 aliphatic rings. The van der Waals surface area contributed by atoms with Gasteiger partial charge in [0.05, 0.1) is 0 Å². The molecule has 0 saturated carbocycles. The van der Waals surface area contributed by atoms with E-state index in [4.69, 9.17) is 15.7 Å². The van der Waals surface area contributed by atoms with Gasteiger partial charge >= 0.3 is 6.18 Å². The Labute approximate surface area is 115 Å². The quantitative estimate of drug-likeness (QED) is 0.903. The third-order valence-electron chi connectivity index (χ3n) is 3.18. The summed E-state index contributed by atoms with van der Waals surface area (Å²) in [5.41, 5.74) is 4.21. The summed E-state index contributed by atoms with van der Waals surface area (Å²) < 4.78 is 43.0. The SMILES string of the molecule is CCC(N)(CC)COc1nc(C(F)(F)F)ccc1C#N. The first kappa shape index (κ1) is 16.2. The number of alkyl halides is 3. The molecule has 0 spiro atoms. The number of aromatic nitrogens is 1. The first-order chi connectivity index (χ1) is 9.25. The van der Waals surface area contributed by atoms with Gasteiger partial charge in [0.1, 0.15) is 23.9 Å². The van der Waals surface area contributed by atoms with Crippen LogP contribution in [0.15, 0.2) is 12.1 Å². The number of nitrogens with two attached hydrogens (primary N) is 1. The van der Waals surface area contributed by atoms with Gasteiger partial charge in [0.15, 0.2) is 0 Å². The van der Waals surface area contributed by atoms with Crippen molar-refractivity contribution in [2.75, 3.05) is 6.61 Å². The van der Waals surface area contributed by atoms with Crippen molar-refractivity contribution in [3.63, 3.8) is 0 Å². The second-order valence-corrected chi connectivity index (χ2v) is 4.52. The van der Waals surface area contributed by atoms with Gasteiger partial charge < -0.3 is 10.5 Å². The Hall–Kier alpha value is -1.81. The molecule has 4 nitrogen and oxygen atoms in total. The Morgan fingerprint density at radius 2 is 1.90 bits per heavy atom. The van der Waals surface area contributed by atoms with Crippen molar-refractivity contribution in [2.24, 2.45) is 5.73 Å². The van der Waals surface area contributed by atoms with Gasteiger partial charge in [-0.25, -0.2) is 4.98 Å². The van der Waals surface area contributed by atoms with Crippen LogP contribution in [0.2, 0.25) is 0 Å². The highest BCUT2D eigenvalue weighted by Crippen LogP contribution is 2.30. The van der Waals surface area contributed by atoms with E-state index in [1.807, 2.05) is 13.8 Å². The van der Waals surface area contributed by atoms with Crippen molar-refractivity contribution in [3.05, 3.63) is 23.4 Å². The van der Waals surface area contributed by atoms with E-state index in [-0.39, 0.29) is 18.1 Å². The zero-order valence-corrected chi connectivity index (χ0v) is 11.3. The fourth-order valence-corrected chi connectivity index (χ4v) is 1.46. The molecule has 0 amide bonds. The Bertz CT molecular complexity index is 505. The summed E-state index contributed by atoms with van der Waals surface area (Å²) in [7, 11) is 0. The van der Waals surface area contributed by atoms with E-state index in [1.165, 1.54) is 0 Å². The van der Waals surface area contributed by atoms with Crippen LogP contribution in [-0.4, -0.2) is 17.1 Å². The Morgan fingerprint density at radius 1 is 1.30 bits per heavy atom. The topological polar surface area (TPSA) is 71.9 Å². The van der Waals surface area contributed by atoms with Crippen LogP contribution in [0.1, 0.15) is 37.9 Å². The fraction of sp³-hybridized carbons (Fsp3) is 0.538. The van der Waals surface area contributed by atoms with Gasteiger partial charge in [0.25, 0.3) is 0 Å². The van der Waals surface area contributed by atoms with Crippen LogP contribution in [0.4, 0.5) is 13.2 Å². The van der Waals surface area contributed by atoms with Gasteiger partial charge in [-0.3, -0.25) is 0 Å². The lowest BCUT2D eigenvalue weighted by atomic mass is 9.96. The van der Waals surface area contributed by atoms with Crippen LogP contribution in [0.3, 0.4) is 0 Å². The number of hydrogen-bond donors (Lipinski definition) is 1. The molecule has 7 heteroatoms. The third kappa shape index (κ3) is 3.84. The number of halogens is 3. The third-order valence-corrected chi connectivity index (χ3v) is 3.18. The van der Waals surface area contributed by atoms with Crippen molar-refractivity contribution in [2.45, 2.75) is 38.4 Å². The van der Waals surface area contributed by atoms with Gasteiger partial charge in [-0.15, -0.1) is 0 Å². The van der Waals surface area contributed by atoms with Crippen molar-refractivity contribution >= 4 is 0 Å². The van der Waals surface area contributed by atoms with Gasteiger partial charge in [-0.05, 0) is 25.0 Å². The lowest BCUT2D eigenvalue weighted by molar-refractivity contribution is -0.141. The highest BCUT2D eigenvalue weighted by molar-refractivity contribution is 5.39. The predicted octanol–water partition coefficient (Wildman–Crippen LogP) is 2.87. The highest BCUT2D eigenvalue weighted by atomic mass is 19.4. The second-order valence-electron chi connectivity index (χ2n) is 4.52. The molecule has 0 saturated heterocycles. The van der Waals surface area contributed by atoms with E-state index >= 15 is 0 Å². The summed E-state index contributed by atoms with van der Waals surface area (Å²) in [4.78, 5) is 3.36. The molecule has 2 N–H and O–H groups in total. The number of ether oxygens (including phenoxy) is 1. The maximum Gasteiger partial charge on any atom is 0.433 e. The zero-order valence-electron chi connectivity index (χ0n) is 11.3. The van der Waals surface area contributed by atoms with Crippen LogP contribution in [0.5, 0.6) is 5.88 Å². The van der Waals surface area contributed by atoms with Gasteiger partial charge in [0, 0.05) is 5.54 Å². The molecule has 0 aliphatic carbocycles. The largest absolute Gasteiger partial charge is 0.475 e. The van der Waals surface area contributed by atoms with Crippen LogP contribution < -0.4 is 10.5 Å². The number of nitriles is 1. The molecular weight excluding hydrogens is 271 g/mol. The highest BCUT2D eigenvalue weighted by Gasteiger charge is 2.33. The van der Waals surface area contributed by atoms with Crippen LogP contribution in [0.25, 0.3) is 0 Å². The van der Waals surface area contributed by atoms with E-state index < -0.39 is 17.4 Å². The Morgan fingerprint density at radius 3 is 2.35 bits per heavy atom. The number of pyridine rings is 1. The molecule has 1 heterocycles. The molecule has 0 atom stereocenters. The van der Waals surface area contributed by atoms with E-state index in [9.17, 15) is 13.2 Å². The minimum atomic E-state index is -4.58. The summed E-state index contributed by atoms with van der Waals surface area (Å²) in [5, 5.41) is 8.87. The molecule has 1 aromatic rings. The molecule has 110 valence electrons. The maximum atomic E-state index is 12.6. The Kier molecular flexibility index (Phi) is 4.95. The van der Waals surface area contributed by atoms with Crippen molar-refractivity contribution in [1.82, 2.24) is 4.98 Å². The predicted molar refractivity (Wildman–Crippen MR) is 66.9 cm³/mol. The molecule has 0 aliphatic heterocycles. The lowest BCUT2D eigenvalue weighted by Crippen LogP contribution is -2.44. The van der Waals surface area contributed by atoms with Crippen LogP contribution in [0, 0.1) is 11.3 Å². The molecule has 1 rings (SSSR count). The molecule has 0 radical (unpaired) electrons. The average molecular weight is 287 g/mol. The summed E-state index contributed by atoms with van der Waals surface area (Å²) in [6.45, 7) is 3.72. The van der Waals surface area contributed by atoms with E-state index in [2.05, 4.69) is 4.98 Å². The lowest BCUT2D eigenvalue weighted by Gasteiger charge is -2.26. The normalized spacial score (nSPS) is 12.1. The molecular formula is C13H16F3N3O. The van der Waals surface area contributed by atoms with E-state index in [0.717, 1.165) is 12.1 Å². The zero-order chi connectivity index (χ0) is 15.4. The molecule has 0 aromatic carbocycles. The molecule has 0 bridgehead atoms. The molecule has 0 fully saturated rings. The number of rotatable bonds is 5. The minimum absolute atomic E-state index is 0.00297. The standard InChI is InChI=1S/C13H16F3N3O/c1-3-12(18,4-2)8-20-11-9(7-17)5-6-10(19-11)13(14,15)16/h5-6H,3-4,8,18H2,1-2H3. The van der Waals surface area contributed by atoms with E-state index in [0.29, 0.717) is 12.8 Å². The smallest absolute Gasteiger partial charge is 0.433 e. The van der Waals surface area contributed by atoms with Crippen molar-refractivity contribution in [1.29, 1.82) is 5.26 Å². The van der Waals surface area contributed by atoms with Gasteiger partial charge in [-0.2, -0.15) is 18.4 Å². The van der Waals surface area contributed by atoms with Gasteiger partial charge in [0.2, 0.25) is 5.88 Å². The fourth-order valence-electron chi connectivity index (χ4n) is 1.46. The average Bonchev–Trinajstić information content (AvgIpc) is 2.43. The van der Waals surface area contributed by atoms with Crippen molar-refractivity contribution < 1.29 is 17.9 Å². The van der Waals surface area contributed by atoms with Crippen LogP contribution >= 0.6 is 0 Å². The summed E-state index contributed by atoms with van der Waals surface area (Å²) in [6.07, 6.45) is -3.38. The number of hydrogen-bond acceptors (Lipinski definition) is 4. The summed E-state index contributed by atoms with van der Waals surface area (Å²) >= 11 is 0. The molecule has 20 heavy (non-hydrogen) atoms. The molecule has 1 aromatic heterocycles. The van der Waals surface area contributed by atoms with Crippen molar-refractivity contribution in [3.8, 4) is 11.9 Å². The van der Waals surface area contributed by atoms with Gasteiger partial charge in [-0.1, -0.05) is 13.8 Å². The summed E-state index contributed by atoms with van der Waals surface area (Å²) in [5.74, 6) is -0.334. The molecule has 0 unspecified atom stereocenters. The summed E-state index contributed by atoms with van der Waals surface area (Å²) in [6, 6.07) is 3.54. The first-order valence-electron chi connectivity index (χ1n) is 6.15. The first-order valence-corrected chi connectivity index (χ1v) is 6.15. The Balaban J connectivity index is 3.02. The minimum Gasteiger partial charge on any atom is -0.475 e. The number of nitrogens with zero attached hydrogens (tertiary/aromatic N) is 2. The van der Waals surface area contributed by atoms with E-state index in [1.54, 1.807) is 6.07 Å². The van der Waals surface area contributed by atoms with Crippen LogP contribution in [-0.2, 0) is 6.18 Å². The maximum absolute atomic E-state index is 12.6.